The molecule has 4 rings (SSSR count). The van der Waals surface area contributed by atoms with E-state index in [4.69, 9.17) is 26.8 Å². The Labute approximate surface area is 261 Å². The fraction of sp³-hybridized carbons (Fsp3) is 0.429. The Bertz CT molecular complexity index is 1400. The van der Waals surface area contributed by atoms with Crippen LogP contribution in [-0.2, 0) is 28.7 Å². The molecule has 0 aliphatic carbocycles. The largest absolute Gasteiger partial charge is 0.480 e. The number of carboxylic acid groups (broad SMARTS) is 1. The number of nitrogens with two attached hydrogens (primary N) is 1. The third-order valence-corrected chi connectivity index (χ3v) is 8.18. The van der Waals surface area contributed by atoms with Gasteiger partial charge in [-0.05, 0) is 55.8 Å². The lowest BCUT2D eigenvalue weighted by atomic mass is 10.1. The van der Waals surface area contributed by atoms with Crippen LogP contribution in [0.1, 0.15) is 35.4 Å². The average molecular weight is 650 g/mol. The number of primary amides is 1. The minimum absolute atomic E-state index is 0.00648. The molecule has 44 heavy (non-hydrogen) atoms. The minimum Gasteiger partial charge on any atom is -0.480 e. The van der Waals surface area contributed by atoms with Crippen LogP contribution in [0.25, 0.3) is 0 Å². The van der Waals surface area contributed by atoms with Crippen molar-refractivity contribution in [3.05, 3.63) is 45.6 Å². The lowest BCUT2D eigenvalue weighted by Crippen LogP contribution is -2.43. The van der Waals surface area contributed by atoms with E-state index in [0.29, 0.717) is 41.7 Å². The van der Waals surface area contributed by atoms with Gasteiger partial charge < -0.3 is 30.5 Å². The first-order chi connectivity index (χ1) is 21.0. The number of anilines is 2. The number of rotatable bonds is 14. The molecule has 5 amide bonds. The number of amides is 5. The maximum Gasteiger partial charge on any atom is 0.414 e. The summed E-state index contributed by atoms with van der Waals surface area (Å²) in [6.07, 6.45) is -1.14. The summed E-state index contributed by atoms with van der Waals surface area (Å²) in [5, 5.41) is 11.9. The Morgan fingerprint density at radius 1 is 1.09 bits per heavy atom. The van der Waals surface area contributed by atoms with E-state index in [2.05, 4.69) is 5.32 Å². The average Bonchev–Trinajstić information content (AvgIpc) is 3.59. The lowest BCUT2D eigenvalue weighted by Gasteiger charge is -2.27. The van der Waals surface area contributed by atoms with Gasteiger partial charge in [0.1, 0.15) is 18.8 Å². The van der Waals surface area contributed by atoms with Crippen molar-refractivity contribution in [3.8, 4) is 0 Å². The maximum atomic E-state index is 13.3. The summed E-state index contributed by atoms with van der Waals surface area (Å²) in [6.45, 7) is 0.962. The fourth-order valence-electron chi connectivity index (χ4n) is 4.76. The molecule has 2 atom stereocenters. The highest BCUT2D eigenvalue weighted by Crippen LogP contribution is 2.27. The Balaban J connectivity index is 1.37. The number of morpholine rings is 1. The monoisotopic (exact) mass is 649 g/mol. The molecule has 2 saturated heterocycles. The van der Waals surface area contributed by atoms with Crippen LogP contribution in [0.15, 0.2) is 36.4 Å². The van der Waals surface area contributed by atoms with Crippen molar-refractivity contribution < 1.29 is 43.3 Å². The van der Waals surface area contributed by atoms with Crippen LogP contribution in [-0.4, -0.2) is 97.2 Å². The third kappa shape index (κ3) is 8.53. The van der Waals surface area contributed by atoms with Gasteiger partial charge in [-0.2, -0.15) is 0 Å². The number of halogens is 1. The first-order valence-corrected chi connectivity index (χ1v) is 15.0. The SMILES string of the molecule is NC(=O)C[C@H](NCCCCC(=O)N(C[C@H]1CN(c2ccc(N3CCOCC3=O)cc2)C(=O)O1)C(=O)c1ccc(Cl)s1)C(=O)O. The van der Waals surface area contributed by atoms with Gasteiger partial charge in [0.15, 0.2) is 0 Å². The third-order valence-electron chi connectivity index (χ3n) is 6.96. The molecule has 2 fully saturated rings. The predicted octanol–water partition coefficient (Wildman–Crippen LogP) is 1.85. The number of unbranched alkanes of at least 4 members (excludes halogenated alkanes) is 1. The molecule has 236 valence electrons. The Kier molecular flexibility index (Phi) is 11.3. The van der Waals surface area contributed by atoms with Crippen LogP contribution in [0, 0.1) is 0 Å². The van der Waals surface area contributed by atoms with Gasteiger partial charge >= 0.3 is 12.1 Å². The van der Waals surface area contributed by atoms with Crippen LogP contribution in [0.5, 0.6) is 0 Å². The zero-order valence-electron chi connectivity index (χ0n) is 23.6. The van der Waals surface area contributed by atoms with Gasteiger partial charge in [-0.15, -0.1) is 11.3 Å². The highest BCUT2D eigenvalue weighted by atomic mass is 35.5. The summed E-state index contributed by atoms with van der Waals surface area (Å²) in [6, 6.07) is 8.75. The Morgan fingerprint density at radius 3 is 2.41 bits per heavy atom. The molecule has 0 bridgehead atoms. The molecule has 1 aromatic carbocycles. The van der Waals surface area contributed by atoms with E-state index < -0.39 is 41.9 Å². The van der Waals surface area contributed by atoms with E-state index in [9.17, 15) is 33.9 Å². The van der Waals surface area contributed by atoms with Crippen LogP contribution in [0.3, 0.4) is 0 Å². The molecule has 0 saturated carbocycles. The van der Waals surface area contributed by atoms with E-state index >= 15 is 0 Å². The number of nitrogens with zero attached hydrogens (tertiary/aromatic N) is 3. The molecule has 0 unspecified atom stereocenters. The normalized spacial score (nSPS) is 17.3. The number of benzene rings is 1. The number of imide groups is 1. The summed E-state index contributed by atoms with van der Waals surface area (Å²) in [7, 11) is 0. The van der Waals surface area contributed by atoms with Gasteiger partial charge in [0.25, 0.3) is 11.8 Å². The van der Waals surface area contributed by atoms with Gasteiger partial charge in [-0.25, -0.2) is 4.79 Å². The molecule has 0 spiro atoms. The number of carbonyl (C=O) groups is 6. The number of carbonyl (C=O) groups excluding carboxylic acids is 5. The zero-order chi connectivity index (χ0) is 31.8. The van der Waals surface area contributed by atoms with Crippen molar-refractivity contribution in [1.29, 1.82) is 0 Å². The summed E-state index contributed by atoms with van der Waals surface area (Å²) < 4.78 is 11.1. The zero-order valence-corrected chi connectivity index (χ0v) is 25.2. The van der Waals surface area contributed by atoms with Crippen molar-refractivity contribution in [2.45, 2.75) is 37.8 Å². The quantitative estimate of drug-likeness (QED) is 0.255. The second kappa shape index (κ2) is 15.1. The number of hydrogen-bond acceptors (Lipinski definition) is 10. The van der Waals surface area contributed by atoms with Crippen LogP contribution < -0.4 is 20.9 Å². The van der Waals surface area contributed by atoms with Crippen molar-refractivity contribution in [3.63, 3.8) is 0 Å². The molecule has 2 aromatic rings. The molecule has 2 aliphatic heterocycles. The number of cyclic esters (lactones) is 1. The van der Waals surface area contributed by atoms with Crippen molar-refractivity contribution in [1.82, 2.24) is 10.2 Å². The highest BCUT2D eigenvalue weighted by Gasteiger charge is 2.36. The van der Waals surface area contributed by atoms with Crippen molar-refractivity contribution in [2.75, 3.05) is 49.2 Å². The number of nitrogens with one attached hydrogen (secondary N) is 1. The second-order valence-electron chi connectivity index (χ2n) is 10.1. The molecule has 1 aromatic heterocycles. The summed E-state index contributed by atoms with van der Waals surface area (Å²) in [4.78, 5) is 78.1. The van der Waals surface area contributed by atoms with Gasteiger partial charge in [0, 0.05) is 24.3 Å². The topological polar surface area (TPSA) is 189 Å². The molecule has 3 heterocycles. The van der Waals surface area contributed by atoms with Crippen molar-refractivity contribution in [2.24, 2.45) is 5.73 Å². The standard InChI is InChI=1S/C28H32ClN5O9S/c29-22-9-8-21(44-22)26(38)34(24(36)3-1-2-10-31-20(27(39)40)13-23(30)35)15-19-14-33(28(41)43-19)18-6-4-17(5-7-18)32-11-12-42-16-25(32)37/h4-9,19-20,31H,1-3,10-16H2,(H2,30,35)(H,39,40)/t19-,20+/m1/s1. The second-order valence-corrected chi connectivity index (χ2v) is 11.8. The molecular formula is C28H32ClN5O9S. The molecule has 16 heteroatoms. The van der Waals surface area contributed by atoms with E-state index in [0.717, 1.165) is 16.2 Å². The Hall–Kier alpha value is -4.05. The van der Waals surface area contributed by atoms with E-state index in [1.54, 1.807) is 35.2 Å². The predicted molar refractivity (Wildman–Crippen MR) is 160 cm³/mol. The van der Waals surface area contributed by atoms with E-state index in [1.165, 1.54) is 11.0 Å². The fourth-order valence-corrected chi connectivity index (χ4v) is 5.75. The summed E-state index contributed by atoms with van der Waals surface area (Å²) in [5.41, 5.74) is 6.28. The van der Waals surface area contributed by atoms with Crippen LogP contribution >= 0.6 is 22.9 Å². The number of thiophene rings is 1. The van der Waals surface area contributed by atoms with Crippen molar-refractivity contribution >= 4 is 70.0 Å². The lowest BCUT2D eigenvalue weighted by molar-refractivity contribution is -0.141. The van der Waals surface area contributed by atoms with Gasteiger partial charge in [-0.1, -0.05) is 11.6 Å². The molecule has 0 radical (unpaired) electrons. The van der Waals surface area contributed by atoms with Crippen LogP contribution in [0.2, 0.25) is 4.34 Å². The minimum atomic E-state index is -1.21. The first kappa shape index (κ1) is 32.9. The molecule has 14 nitrogen and oxygen atoms in total. The molecule has 2 aliphatic rings. The maximum absolute atomic E-state index is 13.3. The number of carboxylic acids is 1. The van der Waals surface area contributed by atoms with E-state index in [-0.39, 0.29) is 49.9 Å². The number of aliphatic carboxylic acids is 1. The Morgan fingerprint density at radius 2 is 1.80 bits per heavy atom. The summed E-state index contributed by atoms with van der Waals surface area (Å²) in [5.74, 6) is -3.20. The molecule has 4 N–H and O–H groups in total. The number of ether oxygens (including phenoxy) is 2. The summed E-state index contributed by atoms with van der Waals surface area (Å²) >= 11 is 7.03. The van der Waals surface area contributed by atoms with Crippen LogP contribution in [0.4, 0.5) is 16.2 Å². The number of hydrogen-bond donors (Lipinski definition) is 3. The van der Waals surface area contributed by atoms with E-state index in [1.807, 2.05) is 0 Å². The van der Waals surface area contributed by atoms with Gasteiger partial charge in [0.2, 0.25) is 11.8 Å². The molecular weight excluding hydrogens is 618 g/mol. The smallest absolute Gasteiger partial charge is 0.414 e. The van der Waals surface area contributed by atoms with Gasteiger partial charge in [0.05, 0.1) is 35.3 Å². The first-order valence-electron chi connectivity index (χ1n) is 13.8. The highest BCUT2D eigenvalue weighted by molar-refractivity contribution is 7.18. The van der Waals surface area contributed by atoms with Gasteiger partial charge in [-0.3, -0.25) is 33.8 Å².